The number of methoxy groups -OCH3 is 3. The molecule has 0 atom stereocenters. The number of benzene rings is 1. The molecule has 0 saturated heterocycles. The lowest BCUT2D eigenvalue weighted by molar-refractivity contribution is 0.281. The highest BCUT2D eigenvalue weighted by atomic mass is 16.5. The Morgan fingerprint density at radius 2 is 1.76 bits per heavy atom. The number of nitrogens with two attached hydrogens (primary N) is 1. The van der Waals surface area contributed by atoms with Crippen LogP contribution < -0.4 is 24.7 Å². The third-order valence-electron chi connectivity index (χ3n) is 2.88. The van der Waals surface area contributed by atoms with Gasteiger partial charge in [0.05, 0.1) is 39.8 Å². The highest BCUT2D eigenvalue weighted by Crippen LogP contribution is 2.40. The predicted molar refractivity (Wildman–Crippen MR) is 78.2 cm³/mol. The van der Waals surface area contributed by atoms with E-state index in [4.69, 9.17) is 24.7 Å². The molecule has 2 N–H and O–H groups in total. The van der Waals surface area contributed by atoms with Gasteiger partial charge < -0.3 is 24.7 Å². The summed E-state index contributed by atoms with van der Waals surface area (Å²) in [6.45, 7) is 1.04. The Morgan fingerprint density at radius 3 is 2.24 bits per heavy atom. The van der Waals surface area contributed by atoms with Crippen molar-refractivity contribution in [1.82, 2.24) is 9.78 Å². The lowest BCUT2D eigenvalue weighted by Gasteiger charge is -2.14. The van der Waals surface area contributed by atoms with Gasteiger partial charge in [0, 0.05) is 18.3 Å². The minimum absolute atomic E-state index is 0.444. The first-order valence-corrected chi connectivity index (χ1v) is 6.38. The molecule has 0 unspecified atom stereocenters. The molecular weight excluding hydrogens is 274 g/mol. The Labute approximate surface area is 123 Å². The molecule has 7 nitrogen and oxygen atoms in total. The predicted octanol–water partition coefficient (Wildman–Crippen LogP) is 1.57. The number of nitrogen functional groups attached to an aromatic ring is 1. The fourth-order valence-electron chi connectivity index (χ4n) is 1.90. The fraction of sp³-hybridized carbons (Fsp3) is 0.357. The summed E-state index contributed by atoms with van der Waals surface area (Å²) in [7, 11) is 4.68. The lowest BCUT2D eigenvalue weighted by Crippen LogP contribution is -2.08. The maximum Gasteiger partial charge on any atom is 0.203 e. The van der Waals surface area contributed by atoms with E-state index in [0.717, 1.165) is 0 Å². The van der Waals surface area contributed by atoms with Gasteiger partial charge in [0.1, 0.15) is 12.4 Å². The molecule has 0 aliphatic rings. The molecule has 0 radical (unpaired) electrons. The minimum atomic E-state index is 0.444. The van der Waals surface area contributed by atoms with Crippen LogP contribution in [0.2, 0.25) is 0 Å². The summed E-state index contributed by atoms with van der Waals surface area (Å²) in [6.07, 6.45) is 3.35. The Morgan fingerprint density at radius 1 is 1.10 bits per heavy atom. The summed E-state index contributed by atoms with van der Waals surface area (Å²) < 4.78 is 23.2. The molecule has 0 saturated carbocycles. The number of anilines is 1. The Bertz CT molecular complexity index is 573. The molecule has 7 heteroatoms. The zero-order chi connectivity index (χ0) is 15.2. The van der Waals surface area contributed by atoms with Crippen molar-refractivity contribution >= 4 is 5.69 Å². The standard InChI is InChI=1S/C14H19N3O4/c1-18-12-6-11(7-13(19-2)14(12)20-3)21-5-4-17-9-10(15)8-16-17/h6-9H,4-5,15H2,1-3H3. The largest absolute Gasteiger partial charge is 0.493 e. The van der Waals surface area contributed by atoms with Crippen molar-refractivity contribution in [2.75, 3.05) is 33.7 Å². The smallest absolute Gasteiger partial charge is 0.203 e. The minimum Gasteiger partial charge on any atom is -0.493 e. The van der Waals surface area contributed by atoms with Gasteiger partial charge in [0.2, 0.25) is 5.75 Å². The average Bonchev–Trinajstić information content (AvgIpc) is 2.91. The van der Waals surface area contributed by atoms with E-state index in [0.29, 0.717) is 41.8 Å². The van der Waals surface area contributed by atoms with Crippen LogP contribution in [-0.4, -0.2) is 37.7 Å². The van der Waals surface area contributed by atoms with Crippen LogP contribution in [0.25, 0.3) is 0 Å². The van der Waals surface area contributed by atoms with E-state index < -0.39 is 0 Å². The number of hydrogen-bond donors (Lipinski definition) is 1. The van der Waals surface area contributed by atoms with E-state index in [2.05, 4.69) is 5.10 Å². The van der Waals surface area contributed by atoms with Crippen LogP contribution in [0.3, 0.4) is 0 Å². The third kappa shape index (κ3) is 3.50. The molecule has 0 aliphatic carbocycles. The topological polar surface area (TPSA) is 80.8 Å². The van der Waals surface area contributed by atoms with E-state index in [-0.39, 0.29) is 0 Å². The van der Waals surface area contributed by atoms with Crippen LogP contribution in [0.4, 0.5) is 5.69 Å². The van der Waals surface area contributed by atoms with Gasteiger partial charge >= 0.3 is 0 Å². The number of ether oxygens (including phenoxy) is 4. The summed E-state index contributed by atoms with van der Waals surface area (Å²) in [6, 6.07) is 3.50. The molecule has 0 aliphatic heterocycles. The number of nitrogens with zero attached hydrogens (tertiary/aromatic N) is 2. The van der Waals surface area contributed by atoms with E-state index in [1.807, 2.05) is 0 Å². The van der Waals surface area contributed by atoms with E-state index in [1.54, 1.807) is 50.5 Å². The normalized spacial score (nSPS) is 10.2. The second kappa shape index (κ2) is 6.74. The zero-order valence-corrected chi connectivity index (χ0v) is 12.3. The summed E-state index contributed by atoms with van der Waals surface area (Å²) in [4.78, 5) is 0. The molecule has 21 heavy (non-hydrogen) atoms. The summed E-state index contributed by atoms with van der Waals surface area (Å²) in [5.74, 6) is 2.27. The van der Waals surface area contributed by atoms with Crippen LogP contribution in [-0.2, 0) is 6.54 Å². The first kappa shape index (κ1) is 14.8. The van der Waals surface area contributed by atoms with Crippen LogP contribution in [0.1, 0.15) is 0 Å². The maximum absolute atomic E-state index is 5.69. The molecule has 1 aromatic heterocycles. The first-order chi connectivity index (χ1) is 10.2. The van der Waals surface area contributed by atoms with Crippen molar-refractivity contribution < 1.29 is 18.9 Å². The third-order valence-corrected chi connectivity index (χ3v) is 2.88. The molecule has 0 spiro atoms. The molecule has 0 amide bonds. The molecule has 1 heterocycles. The van der Waals surface area contributed by atoms with Crippen molar-refractivity contribution in [3.63, 3.8) is 0 Å². The van der Waals surface area contributed by atoms with Crippen molar-refractivity contribution in [1.29, 1.82) is 0 Å². The second-order valence-corrected chi connectivity index (χ2v) is 4.25. The van der Waals surface area contributed by atoms with Crippen molar-refractivity contribution in [2.24, 2.45) is 0 Å². The van der Waals surface area contributed by atoms with Gasteiger partial charge in [-0.05, 0) is 0 Å². The summed E-state index contributed by atoms with van der Waals surface area (Å²) in [5.41, 5.74) is 6.23. The van der Waals surface area contributed by atoms with E-state index >= 15 is 0 Å². The van der Waals surface area contributed by atoms with E-state index in [9.17, 15) is 0 Å². The summed E-state index contributed by atoms with van der Waals surface area (Å²) in [5, 5.41) is 4.08. The van der Waals surface area contributed by atoms with Crippen LogP contribution >= 0.6 is 0 Å². The monoisotopic (exact) mass is 293 g/mol. The molecule has 1 aromatic carbocycles. The lowest BCUT2D eigenvalue weighted by atomic mass is 10.2. The fourth-order valence-corrected chi connectivity index (χ4v) is 1.90. The number of aromatic nitrogens is 2. The van der Waals surface area contributed by atoms with Crippen LogP contribution in [0, 0.1) is 0 Å². The highest BCUT2D eigenvalue weighted by Gasteiger charge is 2.13. The van der Waals surface area contributed by atoms with Crippen LogP contribution in [0.5, 0.6) is 23.0 Å². The van der Waals surface area contributed by atoms with Gasteiger partial charge in [-0.1, -0.05) is 0 Å². The van der Waals surface area contributed by atoms with Gasteiger partial charge in [-0.2, -0.15) is 5.10 Å². The van der Waals surface area contributed by atoms with Gasteiger partial charge in [-0.15, -0.1) is 0 Å². The van der Waals surface area contributed by atoms with Crippen molar-refractivity contribution in [3.05, 3.63) is 24.5 Å². The molecular formula is C14H19N3O4. The molecule has 0 bridgehead atoms. The van der Waals surface area contributed by atoms with Gasteiger partial charge in [-0.3, -0.25) is 4.68 Å². The molecule has 2 rings (SSSR count). The molecule has 114 valence electrons. The quantitative estimate of drug-likeness (QED) is 0.834. The Hall–Kier alpha value is -2.57. The Kier molecular flexibility index (Phi) is 4.76. The van der Waals surface area contributed by atoms with E-state index in [1.165, 1.54) is 0 Å². The van der Waals surface area contributed by atoms with Crippen molar-refractivity contribution in [3.8, 4) is 23.0 Å². The molecule has 2 aromatic rings. The van der Waals surface area contributed by atoms with Gasteiger partial charge in [0.25, 0.3) is 0 Å². The maximum atomic E-state index is 5.69. The number of hydrogen-bond acceptors (Lipinski definition) is 6. The average molecular weight is 293 g/mol. The zero-order valence-electron chi connectivity index (χ0n) is 12.3. The van der Waals surface area contributed by atoms with Gasteiger partial charge in [0.15, 0.2) is 11.5 Å². The number of rotatable bonds is 7. The highest BCUT2D eigenvalue weighted by molar-refractivity contribution is 5.55. The first-order valence-electron chi connectivity index (χ1n) is 6.38. The van der Waals surface area contributed by atoms with Crippen LogP contribution in [0.15, 0.2) is 24.5 Å². The van der Waals surface area contributed by atoms with Crippen molar-refractivity contribution in [2.45, 2.75) is 6.54 Å². The molecule has 0 fully saturated rings. The second-order valence-electron chi connectivity index (χ2n) is 4.25. The van der Waals surface area contributed by atoms with Gasteiger partial charge in [-0.25, -0.2) is 0 Å². The SMILES string of the molecule is COc1cc(OCCn2cc(N)cn2)cc(OC)c1OC. The summed E-state index contributed by atoms with van der Waals surface area (Å²) >= 11 is 0. The Balaban J connectivity index is 2.05.